The number of nitrogens with zero attached hydrogens (tertiary/aromatic N) is 2. The predicted molar refractivity (Wildman–Crippen MR) is 110 cm³/mol. The molecule has 1 N–H and O–H groups in total. The van der Waals surface area contributed by atoms with Crippen molar-refractivity contribution >= 4 is 23.6 Å². The number of amides is 2. The summed E-state index contributed by atoms with van der Waals surface area (Å²) in [6.45, 7) is 0.400. The Hall–Kier alpha value is -3.93. The fraction of sp³-hybridized carbons (Fsp3) is 0.0870. The summed E-state index contributed by atoms with van der Waals surface area (Å²) in [7, 11) is 1.65. The van der Waals surface area contributed by atoms with E-state index in [0.29, 0.717) is 12.2 Å². The molecule has 6 heteroatoms. The van der Waals surface area contributed by atoms with Crippen LogP contribution in [0.2, 0.25) is 0 Å². The van der Waals surface area contributed by atoms with Gasteiger partial charge in [-0.1, -0.05) is 60.7 Å². The molecular formula is C23H19N3O3. The van der Waals surface area contributed by atoms with E-state index in [1.807, 2.05) is 60.7 Å². The molecule has 3 aromatic rings. The van der Waals surface area contributed by atoms with Crippen molar-refractivity contribution in [1.29, 1.82) is 0 Å². The molecule has 0 bridgehead atoms. The normalized spacial score (nSPS) is 14.3. The molecule has 0 saturated carbocycles. The van der Waals surface area contributed by atoms with Crippen molar-refractivity contribution in [2.45, 2.75) is 6.54 Å². The van der Waals surface area contributed by atoms with E-state index in [2.05, 4.69) is 10.3 Å². The first kappa shape index (κ1) is 18.4. The number of anilines is 1. The van der Waals surface area contributed by atoms with Crippen LogP contribution in [0, 0.1) is 0 Å². The number of pyridine rings is 1. The molecule has 4 rings (SSSR count). The number of ether oxygens (including phenoxy) is 1. The Morgan fingerprint density at radius 3 is 2.45 bits per heavy atom. The minimum atomic E-state index is -0.312. The first-order chi connectivity index (χ1) is 14.1. The Morgan fingerprint density at radius 2 is 1.72 bits per heavy atom. The number of hydrogen-bond acceptors (Lipinski definition) is 4. The summed E-state index contributed by atoms with van der Waals surface area (Å²) < 4.78 is 5.75. The van der Waals surface area contributed by atoms with Gasteiger partial charge in [0, 0.05) is 13.6 Å². The summed E-state index contributed by atoms with van der Waals surface area (Å²) in [6.07, 6.45) is 1.66. The lowest BCUT2D eigenvalue weighted by atomic mass is 10.2. The number of carbonyl (C=O) groups excluding carboxylic acids is 2. The lowest BCUT2D eigenvalue weighted by molar-refractivity contribution is -0.117. The summed E-state index contributed by atoms with van der Waals surface area (Å²) in [5.74, 6) is -0.208. The van der Waals surface area contributed by atoms with Crippen molar-refractivity contribution in [2.24, 2.45) is 0 Å². The number of carbonyl (C=O) groups is 2. The van der Waals surface area contributed by atoms with Crippen molar-refractivity contribution < 1.29 is 14.3 Å². The van der Waals surface area contributed by atoms with E-state index in [1.54, 1.807) is 25.3 Å². The zero-order valence-electron chi connectivity index (χ0n) is 15.8. The van der Waals surface area contributed by atoms with Gasteiger partial charge in [-0.25, -0.2) is 4.98 Å². The SMILES string of the molecule is CN1C(=O)C(=Cc2ccccc2)Oc2nc(C(=O)NCc3ccccc3)ccc21. The molecule has 0 aliphatic carbocycles. The van der Waals surface area contributed by atoms with Crippen LogP contribution in [0.25, 0.3) is 6.08 Å². The van der Waals surface area contributed by atoms with E-state index >= 15 is 0 Å². The second kappa shape index (κ2) is 7.98. The first-order valence-corrected chi connectivity index (χ1v) is 9.17. The lowest BCUT2D eigenvalue weighted by Gasteiger charge is -2.26. The maximum atomic E-state index is 12.6. The smallest absolute Gasteiger partial charge is 0.293 e. The highest BCUT2D eigenvalue weighted by molar-refractivity contribution is 6.09. The molecule has 0 radical (unpaired) electrons. The van der Waals surface area contributed by atoms with Gasteiger partial charge < -0.3 is 15.0 Å². The second-order valence-electron chi connectivity index (χ2n) is 6.57. The largest absolute Gasteiger partial charge is 0.431 e. The summed E-state index contributed by atoms with van der Waals surface area (Å²) in [5, 5.41) is 2.84. The predicted octanol–water partition coefficient (Wildman–Crippen LogP) is 3.41. The van der Waals surface area contributed by atoms with Gasteiger partial charge in [0.15, 0.2) is 5.76 Å². The molecule has 2 amide bonds. The monoisotopic (exact) mass is 385 g/mol. The third kappa shape index (κ3) is 4.01. The summed E-state index contributed by atoms with van der Waals surface area (Å²) in [4.78, 5) is 30.9. The Kier molecular flexibility index (Phi) is 5.07. The summed E-state index contributed by atoms with van der Waals surface area (Å²) in [6, 6.07) is 22.3. The average Bonchev–Trinajstić information content (AvgIpc) is 2.76. The topological polar surface area (TPSA) is 71.5 Å². The highest BCUT2D eigenvalue weighted by Crippen LogP contribution is 2.33. The van der Waals surface area contributed by atoms with Gasteiger partial charge in [0.05, 0.1) is 0 Å². The van der Waals surface area contributed by atoms with Gasteiger partial charge in [0.2, 0.25) is 5.88 Å². The third-order valence-corrected chi connectivity index (χ3v) is 4.55. The zero-order valence-corrected chi connectivity index (χ0v) is 15.8. The zero-order chi connectivity index (χ0) is 20.2. The Balaban J connectivity index is 1.56. The molecule has 0 spiro atoms. The maximum Gasteiger partial charge on any atom is 0.293 e. The Morgan fingerprint density at radius 1 is 1.03 bits per heavy atom. The molecule has 1 aliphatic heterocycles. The first-order valence-electron chi connectivity index (χ1n) is 9.17. The molecule has 29 heavy (non-hydrogen) atoms. The van der Waals surface area contributed by atoms with Crippen molar-refractivity contribution in [3.63, 3.8) is 0 Å². The fourth-order valence-electron chi connectivity index (χ4n) is 2.97. The quantitative estimate of drug-likeness (QED) is 0.699. The van der Waals surface area contributed by atoms with E-state index < -0.39 is 0 Å². The van der Waals surface area contributed by atoms with Gasteiger partial charge in [-0.2, -0.15) is 0 Å². The molecule has 144 valence electrons. The van der Waals surface area contributed by atoms with Crippen LogP contribution in [-0.4, -0.2) is 23.8 Å². The number of rotatable bonds is 4. The number of nitrogens with one attached hydrogen (secondary N) is 1. The Labute approximate surface area is 168 Å². The van der Waals surface area contributed by atoms with Crippen LogP contribution in [0.15, 0.2) is 78.6 Å². The van der Waals surface area contributed by atoms with Gasteiger partial charge in [-0.15, -0.1) is 0 Å². The molecule has 0 atom stereocenters. The molecule has 1 aliphatic rings. The van der Waals surface area contributed by atoms with Crippen LogP contribution in [0.3, 0.4) is 0 Å². The number of fused-ring (bicyclic) bond motifs is 1. The summed E-state index contributed by atoms with van der Waals surface area (Å²) in [5.41, 5.74) is 2.57. The number of hydrogen-bond donors (Lipinski definition) is 1. The number of likely N-dealkylation sites (N-methyl/N-ethyl adjacent to an activating group) is 1. The van der Waals surface area contributed by atoms with Gasteiger partial charge in [-0.05, 0) is 29.3 Å². The van der Waals surface area contributed by atoms with Crippen LogP contribution >= 0.6 is 0 Å². The lowest BCUT2D eigenvalue weighted by Crippen LogP contribution is -2.34. The van der Waals surface area contributed by atoms with Crippen molar-refractivity contribution in [3.8, 4) is 5.88 Å². The molecule has 0 unspecified atom stereocenters. The van der Waals surface area contributed by atoms with Gasteiger partial charge in [0.25, 0.3) is 11.8 Å². The van der Waals surface area contributed by atoms with Crippen LogP contribution in [0.5, 0.6) is 5.88 Å². The van der Waals surface area contributed by atoms with Gasteiger partial charge in [0.1, 0.15) is 11.4 Å². The molecular weight excluding hydrogens is 366 g/mol. The van der Waals surface area contributed by atoms with Gasteiger partial charge in [-0.3, -0.25) is 9.59 Å². The van der Waals surface area contributed by atoms with Crippen LogP contribution in [0.4, 0.5) is 5.69 Å². The van der Waals surface area contributed by atoms with Gasteiger partial charge >= 0.3 is 0 Å². The second-order valence-corrected chi connectivity index (χ2v) is 6.57. The third-order valence-electron chi connectivity index (χ3n) is 4.55. The minimum absolute atomic E-state index is 0.153. The minimum Gasteiger partial charge on any atom is -0.431 e. The molecule has 0 fully saturated rings. The van der Waals surface area contributed by atoms with E-state index in [9.17, 15) is 9.59 Å². The van der Waals surface area contributed by atoms with Crippen molar-refractivity contribution in [2.75, 3.05) is 11.9 Å². The van der Waals surface area contributed by atoms with E-state index in [0.717, 1.165) is 11.1 Å². The molecule has 2 heterocycles. The maximum absolute atomic E-state index is 12.6. The molecule has 2 aromatic carbocycles. The van der Waals surface area contributed by atoms with Crippen molar-refractivity contribution in [1.82, 2.24) is 10.3 Å². The van der Waals surface area contributed by atoms with E-state index in [1.165, 1.54) is 4.90 Å². The number of aromatic nitrogens is 1. The van der Waals surface area contributed by atoms with Crippen LogP contribution in [-0.2, 0) is 11.3 Å². The van der Waals surface area contributed by atoms with Crippen LogP contribution in [0.1, 0.15) is 21.6 Å². The summed E-state index contributed by atoms with van der Waals surface area (Å²) >= 11 is 0. The van der Waals surface area contributed by atoms with Crippen molar-refractivity contribution in [3.05, 3.63) is 95.4 Å². The van der Waals surface area contributed by atoms with E-state index in [-0.39, 0.29) is 29.1 Å². The average molecular weight is 385 g/mol. The number of benzene rings is 2. The molecule has 6 nitrogen and oxygen atoms in total. The molecule has 1 aromatic heterocycles. The standard InChI is InChI=1S/C23H19N3O3/c1-26-19-13-12-18(21(27)24-15-17-10-6-3-7-11-17)25-22(19)29-20(23(26)28)14-16-8-4-2-5-9-16/h2-14H,15H2,1H3,(H,24,27). The highest BCUT2D eigenvalue weighted by Gasteiger charge is 2.29. The highest BCUT2D eigenvalue weighted by atomic mass is 16.5. The Bertz CT molecular complexity index is 1080. The van der Waals surface area contributed by atoms with Crippen LogP contribution < -0.4 is 15.0 Å². The molecule has 0 saturated heterocycles. The fourth-order valence-corrected chi connectivity index (χ4v) is 2.97. The van der Waals surface area contributed by atoms with E-state index in [4.69, 9.17) is 4.74 Å².